The third kappa shape index (κ3) is 4.59. The van der Waals surface area contributed by atoms with Crippen LogP contribution in [0.5, 0.6) is 0 Å². The second-order valence-corrected chi connectivity index (χ2v) is 6.31. The molecule has 7 nitrogen and oxygen atoms in total. The van der Waals surface area contributed by atoms with Gasteiger partial charge in [0.25, 0.3) is 0 Å². The number of amides is 2. The predicted octanol–water partition coefficient (Wildman–Crippen LogP) is 3.08. The summed E-state index contributed by atoms with van der Waals surface area (Å²) in [5.41, 5.74) is 0.981. The molecule has 3 rings (SSSR count). The number of carbonyl (C=O) groups excluding carboxylic acids is 1. The highest BCUT2D eigenvalue weighted by molar-refractivity contribution is 5.98. The first-order valence-electron chi connectivity index (χ1n) is 8.54. The Bertz CT molecular complexity index is 736. The molecule has 1 heterocycles. The number of rotatable bonds is 5. The Morgan fingerprint density at radius 1 is 1.16 bits per heavy atom. The van der Waals surface area contributed by atoms with Crippen molar-refractivity contribution < 1.29 is 14.7 Å². The minimum atomic E-state index is -1.12. The monoisotopic (exact) mass is 342 g/mol. The van der Waals surface area contributed by atoms with E-state index in [4.69, 9.17) is 0 Å². The standard InChI is InChI=1S/C18H22N4O3/c23-17(24)15-12-22(11-13-7-3-1-4-8-13)21-16(15)20-18(25)19-14-9-5-2-6-10-14/h1,3-4,7-8,12,14H,2,5-6,9-11H2,(H,23,24)(H2,19,20,21,25). The molecule has 0 saturated heterocycles. The molecule has 0 unspecified atom stereocenters. The highest BCUT2D eigenvalue weighted by atomic mass is 16.4. The smallest absolute Gasteiger partial charge is 0.341 e. The van der Waals surface area contributed by atoms with E-state index in [-0.39, 0.29) is 17.4 Å². The van der Waals surface area contributed by atoms with Crippen LogP contribution in [-0.4, -0.2) is 32.9 Å². The van der Waals surface area contributed by atoms with Gasteiger partial charge in [-0.3, -0.25) is 10.00 Å². The SMILES string of the molecule is O=C(Nc1nn(Cc2ccccc2)cc1C(=O)O)NC1CCCCC1. The Morgan fingerprint density at radius 3 is 2.56 bits per heavy atom. The van der Waals surface area contributed by atoms with Gasteiger partial charge in [0, 0.05) is 12.2 Å². The van der Waals surface area contributed by atoms with Gasteiger partial charge in [-0.25, -0.2) is 9.59 Å². The lowest BCUT2D eigenvalue weighted by atomic mass is 9.96. The highest BCUT2D eigenvalue weighted by Crippen LogP contribution is 2.18. The molecule has 1 fully saturated rings. The summed E-state index contributed by atoms with van der Waals surface area (Å²) in [6, 6.07) is 9.35. The Balaban J connectivity index is 1.68. The molecule has 0 atom stereocenters. The van der Waals surface area contributed by atoms with Crippen molar-refractivity contribution in [3.05, 3.63) is 47.7 Å². The summed E-state index contributed by atoms with van der Waals surface area (Å²) in [5, 5.41) is 19.1. The van der Waals surface area contributed by atoms with Crippen LogP contribution in [0, 0.1) is 0 Å². The molecule has 25 heavy (non-hydrogen) atoms. The number of aromatic nitrogens is 2. The zero-order valence-corrected chi connectivity index (χ0v) is 13.9. The third-order valence-electron chi connectivity index (χ3n) is 4.35. The number of carboxylic acids is 1. The van der Waals surface area contributed by atoms with Crippen LogP contribution in [0.1, 0.15) is 48.0 Å². The second-order valence-electron chi connectivity index (χ2n) is 6.31. The van der Waals surface area contributed by atoms with Crippen molar-refractivity contribution in [1.29, 1.82) is 0 Å². The maximum atomic E-state index is 12.2. The van der Waals surface area contributed by atoms with E-state index < -0.39 is 12.0 Å². The molecule has 1 aromatic carbocycles. The number of anilines is 1. The maximum Gasteiger partial charge on any atom is 0.341 e. The van der Waals surface area contributed by atoms with Gasteiger partial charge in [-0.1, -0.05) is 49.6 Å². The first-order valence-corrected chi connectivity index (χ1v) is 8.54. The Morgan fingerprint density at radius 2 is 1.88 bits per heavy atom. The van der Waals surface area contributed by atoms with Gasteiger partial charge >= 0.3 is 12.0 Å². The Labute approximate surface area is 146 Å². The van der Waals surface area contributed by atoms with E-state index in [9.17, 15) is 14.7 Å². The summed E-state index contributed by atoms with van der Waals surface area (Å²) in [6.07, 6.45) is 6.77. The molecule has 3 N–H and O–H groups in total. The zero-order valence-electron chi connectivity index (χ0n) is 13.9. The van der Waals surface area contributed by atoms with Crippen LogP contribution in [0.2, 0.25) is 0 Å². The number of carboxylic acid groups (broad SMARTS) is 1. The van der Waals surface area contributed by atoms with Gasteiger partial charge < -0.3 is 10.4 Å². The molecular weight excluding hydrogens is 320 g/mol. The summed E-state index contributed by atoms with van der Waals surface area (Å²) in [4.78, 5) is 23.6. The quantitative estimate of drug-likeness (QED) is 0.778. The van der Waals surface area contributed by atoms with E-state index in [1.54, 1.807) is 0 Å². The summed E-state index contributed by atoms with van der Waals surface area (Å²) in [7, 11) is 0. The number of hydrogen-bond donors (Lipinski definition) is 3. The molecule has 0 radical (unpaired) electrons. The molecule has 132 valence electrons. The van der Waals surface area contributed by atoms with Crippen LogP contribution >= 0.6 is 0 Å². The fraction of sp³-hybridized carbons (Fsp3) is 0.389. The lowest BCUT2D eigenvalue weighted by Gasteiger charge is -2.22. The third-order valence-corrected chi connectivity index (χ3v) is 4.35. The molecule has 0 bridgehead atoms. The number of carbonyl (C=O) groups is 2. The average molecular weight is 342 g/mol. The van der Waals surface area contributed by atoms with Crippen molar-refractivity contribution in [3.8, 4) is 0 Å². The lowest BCUT2D eigenvalue weighted by Crippen LogP contribution is -2.39. The molecule has 1 saturated carbocycles. The van der Waals surface area contributed by atoms with Gasteiger partial charge in [0.2, 0.25) is 0 Å². The summed E-state index contributed by atoms with van der Waals surface area (Å²) >= 11 is 0. The van der Waals surface area contributed by atoms with Gasteiger partial charge in [-0.05, 0) is 18.4 Å². The molecule has 2 amide bonds. The largest absolute Gasteiger partial charge is 0.477 e. The second kappa shape index (κ2) is 7.83. The maximum absolute atomic E-state index is 12.2. The van der Waals surface area contributed by atoms with Gasteiger partial charge in [0.15, 0.2) is 5.82 Å². The lowest BCUT2D eigenvalue weighted by molar-refractivity contribution is 0.0698. The van der Waals surface area contributed by atoms with Crippen molar-refractivity contribution in [2.45, 2.75) is 44.7 Å². The summed E-state index contributed by atoms with van der Waals surface area (Å²) < 4.78 is 1.52. The van der Waals surface area contributed by atoms with Crippen LogP contribution < -0.4 is 10.6 Å². The van der Waals surface area contributed by atoms with E-state index in [1.165, 1.54) is 17.3 Å². The molecule has 0 spiro atoms. The van der Waals surface area contributed by atoms with E-state index >= 15 is 0 Å². The van der Waals surface area contributed by atoms with Gasteiger partial charge in [0.1, 0.15) is 5.56 Å². The summed E-state index contributed by atoms with van der Waals surface area (Å²) in [6.45, 7) is 0.438. The van der Waals surface area contributed by atoms with E-state index in [2.05, 4.69) is 15.7 Å². The number of nitrogens with one attached hydrogen (secondary N) is 2. The molecular formula is C18H22N4O3. The Kier molecular flexibility index (Phi) is 5.33. The Hall–Kier alpha value is -2.83. The van der Waals surface area contributed by atoms with Crippen LogP contribution in [0.25, 0.3) is 0 Å². The number of hydrogen-bond acceptors (Lipinski definition) is 3. The molecule has 1 aromatic heterocycles. The first-order chi connectivity index (χ1) is 12.1. The van der Waals surface area contributed by atoms with Crippen molar-refractivity contribution in [2.24, 2.45) is 0 Å². The molecule has 1 aliphatic carbocycles. The van der Waals surface area contributed by atoms with E-state index in [0.717, 1.165) is 31.2 Å². The predicted molar refractivity (Wildman–Crippen MR) is 93.8 cm³/mol. The van der Waals surface area contributed by atoms with Gasteiger partial charge in [0.05, 0.1) is 6.54 Å². The number of urea groups is 1. The van der Waals surface area contributed by atoms with Crippen molar-refractivity contribution >= 4 is 17.8 Å². The molecule has 7 heteroatoms. The molecule has 1 aliphatic rings. The van der Waals surface area contributed by atoms with Crippen LogP contribution in [0.4, 0.5) is 10.6 Å². The minimum absolute atomic E-state index is 0.0188. The zero-order chi connectivity index (χ0) is 17.6. The number of nitrogens with zero attached hydrogens (tertiary/aromatic N) is 2. The normalized spacial score (nSPS) is 14.9. The van der Waals surface area contributed by atoms with Crippen LogP contribution in [0.3, 0.4) is 0 Å². The van der Waals surface area contributed by atoms with Crippen molar-refractivity contribution in [1.82, 2.24) is 15.1 Å². The van der Waals surface area contributed by atoms with Crippen LogP contribution in [-0.2, 0) is 6.54 Å². The number of benzene rings is 1. The van der Waals surface area contributed by atoms with Crippen LogP contribution in [0.15, 0.2) is 36.5 Å². The van der Waals surface area contributed by atoms with Crippen molar-refractivity contribution in [2.75, 3.05) is 5.32 Å². The average Bonchev–Trinajstić information content (AvgIpc) is 2.99. The minimum Gasteiger partial charge on any atom is -0.477 e. The topological polar surface area (TPSA) is 96.2 Å². The van der Waals surface area contributed by atoms with Crippen molar-refractivity contribution in [3.63, 3.8) is 0 Å². The summed E-state index contributed by atoms with van der Waals surface area (Å²) in [5.74, 6) is -1.05. The molecule has 0 aliphatic heterocycles. The first kappa shape index (κ1) is 17.0. The highest BCUT2D eigenvalue weighted by Gasteiger charge is 2.20. The fourth-order valence-corrected chi connectivity index (χ4v) is 3.10. The fourth-order valence-electron chi connectivity index (χ4n) is 3.10. The number of aromatic carboxylic acids is 1. The van der Waals surface area contributed by atoms with Gasteiger partial charge in [-0.2, -0.15) is 5.10 Å². The van der Waals surface area contributed by atoms with Gasteiger partial charge in [-0.15, -0.1) is 0 Å². The van der Waals surface area contributed by atoms with E-state index in [0.29, 0.717) is 6.54 Å². The van der Waals surface area contributed by atoms with E-state index in [1.807, 2.05) is 30.3 Å². The molecule has 2 aromatic rings.